The van der Waals surface area contributed by atoms with Crippen molar-refractivity contribution >= 4 is 28.3 Å². The second kappa shape index (κ2) is 8.45. The van der Waals surface area contributed by atoms with Crippen LogP contribution in [-0.2, 0) is 4.79 Å². The van der Waals surface area contributed by atoms with Crippen molar-refractivity contribution in [3.63, 3.8) is 0 Å². The number of amides is 1. The molecule has 1 aliphatic heterocycles. The van der Waals surface area contributed by atoms with Crippen molar-refractivity contribution in [1.29, 1.82) is 0 Å². The molecule has 28 heavy (non-hydrogen) atoms. The van der Waals surface area contributed by atoms with Crippen LogP contribution in [0.4, 0.5) is 11.1 Å². The van der Waals surface area contributed by atoms with E-state index < -0.39 is 0 Å². The van der Waals surface area contributed by atoms with Crippen LogP contribution < -0.4 is 10.2 Å². The lowest BCUT2D eigenvalue weighted by atomic mass is 10.1. The molecule has 7 nitrogen and oxygen atoms in total. The minimum Gasteiger partial charge on any atom is -0.338 e. The van der Waals surface area contributed by atoms with Gasteiger partial charge in [0.2, 0.25) is 11.9 Å². The van der Waals surface area contributed by atoms with E-state index in [1.54, 1.807) is 12.4 Å². The van der Waals surface area contributed by atoms with Crippen molar-refractivity contribution in [2.45, 2.75) is 6.92 Å². The third-order valence-electron chi connectivity index (χ3n) is 4.67. The summed E-state index contributed by atoms with van der Waals surface area (Å²) in [6, 6.07) is 10.0. The molecule has 1 saturated heterocycles. The Hall–Kier alpha value is -2.84. The zero-order valence-corrected chi connectivity index (χ0v) is 16.5. The molecule has 0 aliphatic carbocycles. The quantitative estimate of drug-likeness (QED) is 0.717. The van der Waals surface area contributed by atoms with Gasteiger partial charge in [0.25, 0.3) is 0 Å². The summed E-state index contributed by atoms with van der Waals surface area (Å²) < 4.78 is 0. The van der Waals surface area contributed by atoms with Gasteiger partial charge in [-0.3, -0.25) is 9.69 Å². The number of nitrogens with one attached hydrogen (secondary N) is 1. The molecule has 1 aromatic carbocycles. The van der Waals surface area contributed by atoms with Crippen LogP contribution in [0.15, 0.2) is 48.1 Å². The van der Waals surface area contributed by atoms with Gasteiger partial charge in [-0.2, -0.15) is 0 Å². The summed E-state index contributed by atoms with van der Waals surface area (Å²) in [4.78, 5) is 29.8. The van der Waals surface area contributed by atoms with Crippen molar-refractivity contribution in [1.82, 2.24) is 19.9 Å². The molecule has 1 aliphatic rings. The highest BCUT2D eigenvalue weighted by molar-refractivity contribution is 7.14. The zero-order valence-electron chi connectivity index (χ0n) is 15.7. The predicted molar refractivity (Wildman–Crippen MR) is 112 cm³/mol. The smallest absolute Gasteiger partial charge is 0.240 e. The van der Waals surface area contributed by atoms with Gasteiger partial charge in [0.15, 0.2) is 5.13 Å². The van der Waals surface area contributed by atoms with Crippen LogP contribution in [0.1, 0.15) is 5.56 Å². The number of hydrogen-bond acceptors (Lipinski definition) is 7. The Bertz CT molecular complexity index is 919. The van der Waals surface area contributed by atoms with Crippen molar-refractivity contribution < 1.29 is 4.79 Å². The van der Waals surface area contributed by atoms with Gasteiger partial charge in [0.05, 0.1) is 12.2 Å². The molecular formula is C20H22N6OS. The first-order valence-electron chi connectivity index (χ1n) is 9.24. The second-order valence-corrected chi connectivity index (χ2v) is 7.62. The highest BCUT2D eigenvalue weighted by atomic mass is 32.1. The number of piperazine rings is 1. The molecule has 0 unspecified atom stereocenters. The molecule has 1 amide bonds. The van der Waals surface area contributed by atoms with E-state index >= 15 is 0 Å². The third-order valence-corrected chi connectivity index (χ3v) is 5.43. The van der Waals surface area contributed by atoms with Gasteiger partial charge in [-0.15, -0.1) is 11.3 Å². The summed E-state index contributed by atoms with van der Waals surface area (Å²) in [6.45, 7) is 5.65. The number of rotatable bonds is 5. The number of nitrogens with zero attached hydrogens (tertiary/aromatic N) is 5. The number of carbonyl (C=O) groups is 1. The van der Waals surface area contributed by atoms with Crippen LogP contribution in [0, 0.1) is 6.92 Å². The topological polar surface area (TPSA) is 74.2 Å². The number of hydrogen-bond donors (Lipinski definition) is 1. The summed E-state index contributed by atoms with van der Waals surface area (Å²) in [5.74, 6) is 0.715. The van der Waals surface area contributed by atoms with Gasteiger partial charge in [0, 0.05) is 49.5 Å². The van der Waals surface area contributed by atoms with Gasteiger partial charge in [0.1, 0.15) is 0 Å². The molecule has 3 aromatic rings. The van der Waals surface area contributed by atoms with Crippen LogP contribution in [0.3, 0.4) is 0 Å². The van der Waals surface area contributed by atoms with Crippen molar-refractivity contribution in [2.75, 3.05) is 42.9 Å². The van der Waals surface area contributed by atoms with E-state index in [1.165, 1.54) is 16.9 Å². The molecule has 0 bridgehead atoms. The number of benzene rings is 1. The normalized spacial score (nSPS) is 14.8. The molecule has 0 spiro atoms. The van der Waals surface area contributed by atoms with E-state index in [1.807, 2.05) is 23.6 Å². The minimum atomic E-state index is -0.0331. The minimum absolute atomic E-state index is 0.0331. The largest absolute Gasteiger partial charge is 0.338 e. The highest BCUT2D eigenvalue weighted by Crippen LogP contribution is 2.25. The Morgan fingerprint density at radius 3 is 2.54 bits per heavy atom. The average molecular weight is 395 g/mol. The molecular weight excluding hydrogens is 372 g/mol. The van der Waals surface area contributed by atoms with Gasteiger partial charge in [-0.25, -0.2) is 15.0 Å². The molecule has 1 N–H and O–H groups in total. The standard InChI is InChI=1S/C20H22N6OS/c1-15-3-5-16(6-4-15)17-14-28-20(23-17)24-18(27)13-25-9-11-26(12-10-25)19-21-7-2-8-22-19/h2-8,14H,9-13H2,1H3,(H,23,24,27). The summed E-state index contributed by atoms with van der Waals surface area (Å²) in [6.07, 6.45) is 3.50. The maximum Gasteiger partial charge on any atom is 0.240 e. The first kappa shape index (κ1) is 18.5. The average Bonchev–Trinajstić information content (AvgIpc) is 3.18. The molecule has 1 fully saturated rings. The Morgan fingerprint density at radius 2 is 1.82 bits per heavy atom. The summed E-state index contributed by atoms with van der Waals surface area (Å²) >= 11 is 1.45. The Balaban J connectivity index is 1.28. The Kier molecular flexibility index (Phi) is 5.59. The molecule has 8 heteroatoms. The highest BCUT2D eigenvalue weighted by Gasteiger charge is 2.20. The van der Waals surface area contributed by atoms with Crippen molar-refractivity contribution in [2.24, 2.45) is 0 Å². The van der Waals surface area contributed by atoms with Crippen LogP contribution in [-0.4, -0.2) is 58.5 Å². The number of aryl methyl sites for hydroxylation is 1. The van der Waals surface area contributed by atoms with Gasteiger partial charge >= 0.3 is 0 Å². The van der Waals surface area contributed by atoms with Gasteiger partial charge in [-0.1, -0.05) is 29.8 Å². The fraction of sp³-hybridized carbons (Fsp3) is 0.300. The summed E-state index contributed by atoms with van der Waals surface area (Å²) in [5, 5.41) is 5.53. The zero-order chi connectivity index (χ0) is 19.3. The molecule has 0 atom stereocenters. The number of anilines is 2. The van der Waals surface area contributed by atoms with E-state index in [2.05, 4.69) is 49.1 Å². The maximum absolute atomic E-state index is 12.4. The van der Waals surface area contributed by atoms with E-state index in [4.69, 9.17) is 0 Å². The van der Waals surface area contributed by atoms with Crippen molar-refractivity contribution in [3.8, 4) is 11.3 Å². The first-order chi connectivity index (χ1) is 13.7. The second-order valence-electron chi connectivity index (χ2n) is 6.76. The van der Waals surface area contributed by atoms with Crippen LogP contribution in [0.25, 0.3) is 11.3 Å². The Labute approximate surface area is 168 Å². The maximum atomic E-state index is 12.4. The fourth-order valence-electron chi connectivity index (χ4n) is 3.11. The summed E-state index contributed by atoms with van der Waals surface area (Å²) in [5.41, 5.74) is 3.16. The van der Waals surface area contributed by atoms with E-state index in [0.29, 0.717) is 11.7 Å². The van der Waals surface area contributed by atoms with Crippen LogP contribution in [0.2, 0.25) is 0 Å². The molecule has 144 valence electrons. The lowest BCUT2D eigenvalue weighted by molar-refractivity contribution is -0.117. The molecule has 4 rings (SSSR count). The fourth-order valence-corrected chi connectivity index (χ4v) is 3.85. The van der Waals surface area contributed by atoms with E-state index in [-0.39, 0.29) is 5.91 Å². The van der Waals surface area contributed by atoms with Crippen molar-refractivity contribution in [3.05, 3.63) is 53.7 Å². The predicted octanol–water partition coefficient (Wildman–Crippen LogP) is 2.67. The van der Waals surface area contributed by atoms with Crippen LogP contribution >= 0.6 is 11.3 Å². The monoisotopic (exact) mass is 394 g/mol. The molecule has 3 heterocycles. The molecule has 2 aromatic heterocycles. The third kappa shape index (κ3) is 4.52. The number of thiazole rings is 1. The lowest BCUT2D eigenvalue weighted by Crippen LogP contribution is -2.49. The number of aromatic nitrogens is 3. The lowest BCUT2D eigenvalue weighted by Gasteiger charge is -2.34. The molecule has 0 radical (unpaired) electrons. The SMILES string of the molecule is Cc1ccc(-c2csc(NC(=O)CN3CCN(c4ncccn4)CC3)n2)cc1. The van der Waals surface area contributed by atoms with E-state index in [9.17, 15) is 4.79 Å². The number of carbonyl (C=O) groups excluding carboxylic acids is 1. The van der Waals surface area contributed by atoms with Gasteiger partial charge in [-0.05, 0) is 13.0 Å². The Morgan fingerprint density at radius 1 is 1.11 bits per heavy atom. The molecule has 0 saturated carbocycles. The van der Waals surface area contributed by atoms with Crippen LogP contribution in [0.5, 0.6) is 0 Å². The summed E-state index contributed by atoms with van der Waals surface area (Å²) in [7, 11) is 0. The van der Waals surface area contributed by atoms with Gasteiger partial charge < -0.3 is 10.2 Å². The first-order valence-corrected chi connectivity index (χ1v) is 10.1. The van der Waals surface area contributed by atoms with E-state index in [0.717, 1.165) is 43.4 Å².